The van der Waals surface area contributed by atoms with Crippen LogP contribution in [-0.4, -0.2) is 16.1 Å². The van der Waals surface area contributed by atoms with Gasteiger partial charge >= 0.3 is 0 Å². The Bertz CT molecular complexity index is 608. The fourth-order valence-electron chi connectivity index (χ4n) is 2.24. The molecule has 1 N–H and O–H groups in total. The minimum absolute atomic E-state index is 0.377. The zero-order valence-electron chi connectivity index (χ0n) is 12.0. The molecule has 1 fully saturated rings. The van der Waals surface area contributed by atoms with Crippen molar-refractivity contribution in [3.63, 3.8) is 0 Å². The average Bonchev–Trinajstić information content (AvgIpc) is 2.40. The number of aryl methyl sites for hydroxylation is 1. The summed E-state index contributed by atoms with van der Waals surface area (Å²) in [7, 11) is 0. The fraction of sp³-hybridized carbons (Fsp3) is 0.375. The van der Waals surface area contributed by atoms with Gasteiger partial charge in [0.25, 0.3) is 0 Å². The van der Waals surface area contributed by atoms with Crippen LogP contribution in [-0.2, 0) is 6.54 Å². The molecule has 1 aliphatic rings. The van der Waals surface area contributed by atoms with Gasteiger partial charge < -0.3 is 10.1 Å². The third-order valence-electron chi connectivity index (χ3n) is 3.59. The second-order valence-corrected chi connectivity index (χ2v) is 5.64. The minimum atomic E-state index is 0.377. The normalized spacial score (nSPS) is 14.6. The first-order valence-corrected chi connectivity index (χ1v) is 7.58. The Hall–Kier alpha value is -1.81. The number of para-hydroxylation sites is 1. The van der Waals surface area contributed by atoms with Crippen molar-refractivity contribution in [2.45, 2.75) is 38.8 Å². The summed E-state index contributed by atoms with van der Waals surface area (Å²) in [6.45, 7) is 2.47. The molecule has 0 amide bonds. The Labute approximate surface area is 129 Å². The van der Waals surface area contributed by atoms with Gasteiger partial charge in [-0.1, -0.05) is 29.8 Å². The Morgan fingerprint density at radius 2 is 2.10 bits per heavy atom. The van der Waals surface area contributed by atoms with E-state index < -0.39 is 0 Å². The molecule has 0 atom stereocenters. The lowest BCUT2D eigenvalue weighted by Crippen LogP contribution is -2.25. The van der Waals surface area contributed by atoms with Crippen LogP contribution in [0.5, 0.6) is 5.75 Å². The van der Waals surface area contributed by atoms with E-state index in [4.69, 9.17) is 16.3 Å². The van der Waals surface area contributed by atoms with Crippen molar-refractivity contribution < 1.29 is 4.74 Å². The van der Waals surface area contributed by atoms with E-state index in [1.54, 1.807) is 6.07 Å². The van der Waals surface area contributed by atoms with Gasteiger partial charge in [0.05, 0.1) is 6.10 Å². The van der Waals surface area contributed by atoms with Gasteiger partial charge in [-0.25, -0.2) is 9.97 Å². The van der Waals surface area contributed by atoms with Gasteiger partial charge in [0, 0.05) is 18.2 Å². The summed E-state index contributed by atoms with van der Waals surface area (Å²) in [5, 5.41) is 3.72. The van der Waals surface area contributed by atoms with E-state index in [9.17, 15) is 0 Å². The Morgan fingerprint density at radius 1 is 1.29 bits per heavy atom. The van der Waals surface area contributed by atoms with E-state index in [-0.39, 0.29) is 0 Å². The minimum Gasteiger partial charge on any atom is -0.490 e. The van der Waals surface area contributed by atoms with E-state index in [0.717, 1.165) is 30.0 Å². The van der Waals surface area contributed by atoms with Crippen molar-refractivity contribution in [2.75, 3.05) is 5.32 Å². The summed E-state index contributed by atoms with van der Waals surface area (Å²) in [5.41, 5.74) is 1.12. The van der Waals surface area contributed by atoms with Crippen LogP contribution in [0.3, 0.4) is 0 Å². The van der Waals surface area contributed by atoms with Crippen molar-refractivity contribution in [1.82, 2.24) is 9.97 Å². The molecule has 1 saturated carbocycles. The number of ether oxygens (including phenoxy) is 1. The Morgan fingerprint density at radius 3 is 2.81 bits per heavy atom. The molecule has 0 bridgehead atoms. The lowest BCUT2D eigenvalue weighted by atomic mass is 9.96. The van der Waals surface area contributed by atoms with Gasteiger partial charge in [-0.2, -0.15) is 0 Å². The molecule has 4 nitrogen and oxygen atoms in total. The van der Waals surface area contributed by atoms with Gasteiger partial charge in [-0.05, 0) is 32.3 Å². The first-order valence-electron chi connectivity index (χ1n) is 7.20. The largest absolute Gasteiger partial charge is 0.490 e. The summed E-state index contributed by atoms with van der Waals surface area (Å²) < 4.78 is 6.02. The Kier molecular flexibility index (Phi) is 4.25. The maximum absolute atomic E-state index is 6.02. The van der Waals surface area contributed by atoms with Crippen molar-refractivity contribution in [3.05, 3.63) is 46.9 Å². The zero-order valence-corrected chi connectivity index (χ0v) is 12.7. The Balaban J connectivity index is 1.69. The maximum atomic E-state index is 6.02. The number of aromatic nitrogens is 2. The predicted molar refractivity (Wildman–Crippen MR) is 83.8 cm³/mol. The molecule has 1 aromatic heterocycles. The smallest absolute Gasteiger partial charge is 0.134 e. The summed E-state index contributed by atoms with van der Waals surface area (Å²) >= 11 is 5.94. The number of nitrogens with one attached hydrogen (secondary N) is 1. The number of hydrogen-bond donors (Lipinski definition) is 1. The third-order valence-corrected chi connectivity index (χ3v) is 3.78. The highest BCUT2D eigenvalue weighted by atomic mass is 35.5. The molecule has 0 aliphatic heterocycles. The van der Waals surface area contributed by atoms with Crippen molar-refractivity contribution in [1.29, 1.82) is 0 Å². The highest BCUT2D eigenvalue weighted by Gasteiger charge is 2.20. The molecule has 0 unspecified atom stereocenters. The van der Waals surface area contributed by atoms with Gasteiger partial charge in [0.15, 0.2) is 0 Å². The van der Waals surface area contributed by atoms with Gasteiger partial charge in [-0.15, -0.1) is 0 Å². The van der Waals surface area contributed by atoms with Crippen molar-refractivity contribution in [3.8, 4) is 5.75 Å². The zero-order chi connectivity index (χ0) is 14.7. The molecule has 2 aromatic rings. The molecular formula is C16H18ClN3O. The number of anilines is 1. The van der Waals surface area contributed by atoms with Crippen LogP contribution in [0.15, 0.2) is 30.3 Å². The van der Waals surface area contributed by atoms with Gasteiger partial charge in [-0.3, -0.25) is 0 Å². The molecular weight excluding hydrogens is 286 g/mol. The predicted octanol–water partition coefficient (Wildman–Crippen LogP) is 3.98. The lowest BCUT2D eigenvalue weighted by molar-refractivity contribution is 0.119. The fourth-order valence-corrected chi connectivity index (χ4v) is 2.47. The average molecular weight is 304 g/mol. The van der Waals surface area contributed by atoms with Crippen molar-refractivity contribution >= 4 is 17.4 Å². The monoisotopic (exact) mass is 303 g/mol. The summed E-state index contributed by atoms with van der Waals surface area (Å²) in [6, 6.07) is 9.83. The first-order chi connectivity index (χ1) is 10.2. The van der Waals surface area contributed by atoms with E-state index >= 15 is 0 Å². The molecule has 0 saturated heterocycles. The van der Waals surface area contributed by atoms with Crippen LogP contribution >= 0.6 is 11.6 Å². The highest BCUT2D eigenvalue weighted by molar-refractivity contribution is 6.29. The molecule has 1 heterocycles. The van der Waals surface area contributed by atoms with E-state index in [0.29, 0.717) is 23.6 Å². The van der Waals surface area contributed by atoms with Crippen LogP contribution in [0.2, 0.25) is 5.15 Å². The SMILES string of the molecule is Cc1nc(Cl)cc(NCc2ccccc2OC2CCC2)n1. The van der Waals surface area contributed by atoms with Crippen LogP contribution in [0, 0.1) is 6.92 Å². The number of benzene rings is 1. The van der Waals surface area contributed by atoms with Crippen LogP contribution < -0.4 is 10.1 Å². The second-order valence-electron chi connectivity index (χ2n) is 5.26. The van der Waals surface area contributed by atoms with E-state index in [1.165, 1.54) is 6.42 Å². The number of halogens is 1. The molecule has 110 valence electrons. The maximum Gasteiger partial charge on any atom is 0.134 e. The van der Waals surface area contributed by atoms with Gasteiger partial charge in [0.2, 0.25) is 0 Å². The molecule has 0 radical (unpaired) electrons. The number of hydrogen-bond acceptors (Lipinski definition) is 4. The van der Waals surface area contributed by atoms with Crippen LogP contribution in [0.25, 0.3) is 0 Å². The third kappa shape index (κ3) is 3.64. The van der Waals surface area contributed by atoms with E-state index in [2.05, 4.69) is 21.4 Å². The summed E-state index contributed by atoms with van der Waals surface area (Å²) in [5.74, 6) is 2.33. The van der Waals surface area contributed by atoms with Crippen LogP contribution in [0.4, 0.5) is 5.82 Å². The molecule has 1 aliphatic carbocycles. The molecule has 3 rings (SSSR count). The number of nitrogens with zero attached hydrogens (tertiary/aromatic N) is 2. The summed E-state index contributed by atoms with van der Waals surface area (Å²) in [4.78, 5) is 8.37. The van der Waals surface area contributed by atoms with Crippen molar-refractivity contribution in [2.24, 2.45) is 0 Å². The molecule has 1 aromatic carbocycles. The standard InChI is InChI=1S/C16H18ClN3O/c1-11-19-15(17)9-16(20-11)18-10-12-5-2-3-8-14(12)21-13-6-4-7-13/h2-3,5,8-9,13H,4,6-7,10H2,1H3,(H,18,19,20). The molecule has 0 spiro atoms. The lowest BCUT2D eigenvalue weighted by Gasteiger charge is -2.27. The van der Waals surface area contributed by atoms with E-state index in [1.807, 2.05) is 25.1 Å². The highest BCUT2D eigenvalue weighted by Crippen LogP contribution is 2.28. The molecule has 21 heavy (non-hydrogen) atoms. The number of rotatable bonds is 5. The quantitative estimate of drug-likeness (QED) is 0.849. The molecule has 5 heteroatoms. The first kappa shape index (κ1) is 14.1. The topological polar surface area (TPSA) is 47.0 Å². The van der Waals surface area contributed by atoms with Gasteiger partial charge in [0.1, 0.15) is 22.5 Å². The second kappa shape index (κ2) is 6.31. The van der Waals surface area contributed by atoms with Crippen LogP contribution in [0.1, 0.15) is 30.7 Å². The summed E-state index contributed by atoms with van der Waals surface area (Å²) in [6.07, 6.45) is 3.95.